The number of alkyl halides is 3. The summed E-state index contributed by atoms with van der Waals surface area (Å²) in [7, 11) is 0. The first kappa shape index (κ1) is 15.7. The van der Waals surface area contributed by atoms with Gasteiger partial charge in [0.15, 0.2) is 6.10 Å². The molecule has 0 aliphatic heterocycles. The summed E-state index contributed by atoms with van der Waals surface area (Å²) in [5, 5.41) is 19.5. The molecule has 7 heteroatoms. The van der Waals surface area contributed by atoms with Crippen molar-refractivity contribution in [3.05, 3.63) is 0 Å². The lowest BCUT2D eigenvalue weighted by atomic mass is 9.83. The van der Waals surface area contributed by atoms with Crippen LogP contribution in [0.2, 0.25) is 0 Å². The number of hydrogen-bond donors (Lipinski definition) is 2. The normalized spacial score (nSPS) is 13.9. The number of nitrogens with zero attached hydrogens (tertiary/aromatic N) is 1. The molecule has 1 amide bonds. The summed E-state index contributed by atoms with van der Waals surface area (Å²) in [4.78, 5) is 11.6. The quantitative estimate of drug-likeness (QED) is 0.775. The highest BCUT2D eigenvalue weighted by molar-refractivity contribution is 5.85. The average molecular weight is 252 g/mol. The van der Waals surface area contributed by atoms with Crippen LogP contribution in [0, 0.1) is 16.7 Å². The molecule has 0 fully saturated rings. The number of amides is 1. The molecule has 0 spiro atoms. The zero-order valence-electron chi connectivity index (χ0n) is 9.64. The molecule has 1 atom stereocenters. The van der Waals surface area contributed by atoms with Gasteiger partial charge in [0, 0.05) is 0 Å². The van der Waals surface area contributed by atoms with E-state index in [0.29, 0.717) is 0 Å². The Bertz CT molecular complexity index is 306. The second-order valence-electron chi connectivity index (χ2n) is 3.67. The topological polar surface area (TPSA) is 73.1 Å². The smallest absolute Gasteiger partial charge is 0.382 e. The van der Waals surface area contributed by atoms with E-state index >= 15 is 0 Å². The fourth-order valence-corrected chi connectivity index (χ4v) is 1.25. The largest absolute Gasteiger partial charge is 0.416 e. The molecule has 0 saturated heterocycles. The van der Waals surface area contributed by atoms with E-state index in [1.54, 1.807) is 19.9 Å². The number of nitriles is 1. The van der Waals surface area contributed by atoms with Crippen molar-refractivity contribution in [2.24, 2.45) is 5.41 Å². The molecule has 0 heterocycles. The third kappa shape index (κ3) is 3.89. The van der Waals surface area contributed by atoms with Crippen LogP contribution in [0.3, 0.4) is 0 Å². The molecular formula is C10H15F3N2O2. The number of hydrogen-bond acceptors (Lipinski definition) is 3. The summed E-state index contributed by atoms with van der Waals surface area (Å²) >= 11 is 0. The SMILES string of the molecule is CCC(C#N)(CC)C(=O)NCC(O)C(F)(F)F. The first-order valence-corrected chi connectivity index (χ1v) is 5.17. The van der Waals surface area contributed by atoms with E-state index in [1.807, 2.05) is 5.32 Å². The van der Waals surface area contributed by atoms with Crippen molar-refractivity contribution in [1.29, 1.82) is 5.26 Å². The summed E-state index contributed by atoms with van der Waals surface area (Å²) < 4.78 is 35.9. The van der Waals surface area contributed by atoms with Crippen molar-refractivity contribution in [3.63, 3.8) is 0 Å². The van der Waals surface area contributed by atoms with Crippen LogP contribution in [-0.4, -0.2) is 29.8 Å². The third-order valence-corrected chi connectivity index (χ3v) is 2.69. The van der Waals surface area contributed by atoms with Gasteiger partial charge in [-0.25, -0.2) is 0 Å². The highest BCUT2D eigenvalue weighted by Gasteiger charge is 2.40. The van der Waals surface area contributed by atoms with Crippen LogP contribution in [0.4, 0.5) is 13.2 Å². The first-order valence-electron chi connectivity index (χ1n) is 5.17. The van der Waals surface area contributed by atoms with Crippen molar-refractivity contribution in [2.75, 3.05) is 6.54 Å². The predicted octanol–water partition coefficient (Wildman–Crippen LogP) is 1.36. The molecule has 0 rings (SSSR count). The maximum absolute atomic E-state index is 12.0. The zero-order chi connectivity index (χ0) is 13.7. The molecule has 0 aromatic carbocycles. The Hall–Kier alpha value is -1.29. The van der Waals surface area contributed by atoms with Crippen LogP contribution >= 0.6 is 0 Å². The van der Waals surface area contributed by atoms with Gasteiger partial charge in [-0.15, -0.1) is 0 Å². The van der Waals surface area contributed by atoms with E-state index in [-0.39, 0.29) is 12.8 Å². The van der Waals surface area contributed by atoms with E-state index in [1.165, 1.54) is 0 Å². The lowest BCUT2D eigenvalue weighted by Gasteiger charge is -2.23. The van der Waals surface area contributed by atoms with E-state index in [0.717, 1.165) is 0 Å². The molecule has 98 valence electrons. The molecule has 17 heavy (non-hydrogen) atoms. The maximum atomic E-state index is 12.0. The molecule has 0 aliphatic rings. The highest BCUT2D eigenvalue weighted by Crippen LogP contribution is 2.26. The monoisotopic (exact) mass is 252 g/mol. The van der Waals surface area contributed by atoms with Crippen LogP contribution in [0.5, 0.6) is 0 Å². The Morgan fingerprint density at radius 1 is 1.41 bits per heavy atom. The van der Waals surface area contributed by atoms with Crippen molar-refractivity contribution < 1.29 is 23.1 Å². The van der Waals surface area contributed by atoms with Crippen molar-refractivity contribution >= 4 is 5.91 Å². The minimum atomic E-state index is -4.78. The summed E-state index contributed by atoms with van der Waals surface area (Å²) in [6.07, 6.45) is -6.99. The van der Waals surface area contributed by atoms with Crippen LogP contribution in [-0.2, 0) is 4.79 Å². The Labute approximate surface area is 97.4 Å². The molecule has 0 bridgehead atoms. The van der Waals surface area contributed by atoms with Crippen molar-refractivity contribution in [1.82, 2.24) is 5.32 Å². The number of aliphatic hydroxyl groups excluding tert-OH is 1. The molecule has 0 radical (unpaired) electrons. The van der Waals surface area contributed by atoms with E-state index < -0.39 is 30.1 Å². The molecular weight excluding hydrogens is 237 g/mol. The molecule has 2 N–H and O–H groups in total. The number of rotatable bonds is 5. The van der Waals surface area contributed by atoms with Gasteiger partial charge in [-0.05, 0) is 12.8 Å². The number of halogens is 3. The minimum Gasteiger partial charge on any atom is -0.382 e. The standard InChI is InChI=1S/C10H15F3N2O2/c1-3-9(4-2,6-14)8(17)15-5-7(16)10(11,12)13/h7,16H,3-5H2,1-2H3,(H,15,17). The molecule has 0 saturated carbocycles. The number of carbonyl (C=O) groups is 1. The maximum Gasteiger partial charge on any atom is 0.416 e. The zero-order valence-corrected chi connectivity index (χ0v) is 9.64. The van der Waals surface area contributed by atoms with Gasteiger partial charge in [0.05, 0.1) is 12.6 Å². The fraction of sp³-hybridized carbons (Fsp3) is 0.800. The van der Waals surface area contributed by atoms with E-state index in [4.69, 9.17) is 10.4 Å². The average Bonchev–Trinajstić information content (AvgIpc) is 2.27. The summed E-state index contributed by atoms with van der Waals surface area (Å²) in [6, 6.07) is 1.80. The Kier molecular flexibility index (Phi) is 5.42. The molecule has 0 aliphatic carbocycles. The minimum absolute atomic E-state index is 0.202. The molecule has 0 aromatic heterocycles. The summed E-state index contributed by atoms with van der Waals surface area (Å²) in [5.41, 5.74) is -1.33. The Morgan fingerprint density at radius 3 is 2.18 bits per heavy atom. The fourth-order valence-electron chi connectivity index (χ4n) is 1.25. The van der Waals surface area contributed by atoms with Gasteiger partial charge < -0.3 is 10.4 Å². The first-order chi connectivity index (χ1) is 7.73. The molecule has 0 aromatic rings. The van der Waals surface area contributed by atoms with Gasteiger partial charge in [0.1, 0.15) is 5.41 Å². The van der Waals surface area contributed by atoms with Gasteiger partial charge in [0.2, 0.25) is 5.91 Å². The lowest BCUT2D eigenvalue weighted by Crippen LogP contribution is -2.46. The number of nitrogens with one attached hydrogen (secondary N) is 1. The van der Waals surface area contributed by atoms with Gasteiger partial charge in [0.25, 0.3) is 0 Å². The Balaban J connectivity index is 4.52. The van der Waals surface area contributed by atoms with Crippen LogP contribution in [0.15, 0.2) is 0 Å². The van der Waals surface area contributed by atoms with E-state index in [9.17, 15) is 18.0 Å². The predicted molar refractivity (Wildman–Crippen MR) is 53.7 cm³/mol. The summed E-state index contributed by atoms with van der Waals surface area (Å²) in [6.45, 7) is 2.27. The van der Waals surface area contributed by atoms with Crippen LogP contribution in [0.25, 0.3) is 0 Å². The number of carbonyl (C=O) groups excluding carboxylic acids is 1. The Morgan fingerprint density at radius 2 is 1.88 bits per heavy atom. The number of aliphatic hydroxyl groups is 1. The molecule has 4 nitrogen and oxygen atoms in total. The van der Waals surface area contributed by atoms with Crippen LogP contribution in [0.1, 0.15) is 26.7 Å². The van der Waals surface area contributed by atoms with Gasteiger partial charge in [-0.3, -0.25) is 4.79 Å². The molecule has 1 unspecified atom stereocenters. The second kappa shape index (κ2) is 5.87. The third-order valence-electron chi connectivity index (χ3n) is 2.69. The highest BCUT2D eigenvalue weighted by atomic mass is 19.4. The van der Waals surface area contributed by atoms with E-state index in [2.05, 4.69) is 0 Å². The van der Waals surface area contributed by atoms with Gasteiger partial charge in [-0.1, -0.05) is 13.8 Å². The van der Waals surface area contributed by atoms with Gasteiger partial charge in [-0.2, -0.15) is 18.4 Å². The van der Waals surface area contributed by atoms with Crippen molar-refractivity contribution in [3.8, 4) is 6.07 Å². The second-order valence-corrected chi connectivity index (χ2v) is 3.67. The van der Waals surface area contributed by atoms with Crippen molar-refractivity contribution in [2.45, 2.75) is 39.0 Å². The lowest BCUT2D eigenvalue weighted by molar-refractivity contribution is -0.202. The van der Waals surface area contributed by atoms with Crippen LogP contribution < -0.4 is 5.32 Å². The van der Waals surface area contributed by atoms with Gasteiger partial charge >= 0.3 is 6.18 Å². The summed E-state index contributed by atoms with van der Waals surface area (Å²) in [5.74, 6) is -0.784.